The number of thiophene rings is 1. The molecule has 0 saturated carbocycles. The Labute approximate surface area is 124 Å². The van der Waals surface area contributed by atoms with Gasteiger partial charge in [0.25, 0.3) is 0 Å². The van der Waals surface area contributed by atoms with Crippen molar-refractivity contribution in [3.8, 4) is 0 Å². The molecule has 0 bridgehead atoms. The van der Waals surface area contributed by atoms with Crippen molar-refractivity contribution in [2.75, 3.05) is 19.7 Å². The second kappa shape index (κ2) is 7.20. The lowest BCUT2D eigenvalue weighted by atomic mass is 10.1. The molecule has 1 aliphatic heterocycles. The van der Waals surface area contributed by atoms with Gasteiger partial charge in [-0.25, -0.2) is 4.79 Å². The van der Waals surface area contributed by atoms with Crippen LogP contribution in [0.5, 0.6) is 0 Å². The van der Waals surface area contributed by atoms with Gasteiger partial charge in [0.1, 0.15) is 4.88 Å². The molecule has 0 amide bonds. The maximum atomic E-state index is 11.0. The fraction of sp³-hybridized carbons (Fsp3) is 0.667. The van der Waals surface area contributed by atoms with Gasteiger partial charge >= 0.3 is 5.97 Å². The van der Waals surface area contributed by atoms with E-state index in [0.717, 1.165) is 55.9 Å². The fourth-order valence-corrected chi connectivity index (χ4v) is 3.47. The SMILES string of the molecule is CCCOC1CCCN(Cc2cc(C(=O)O)sc2C)C1. The maximum Gasteiger partial charge on any atom is 0.345 e. The van der Waals surface area contributed by atoms with Gasteiger partial charge < -0.3 is 9.84 Å². The van der Waals surface area contributed by atoms with Crippen LogP contribution in [-0.4, -0.2) is 41.8 Å². The van der Waals surface area contributed by atoms with Crippen LogP contribution in [0.1, 0.15) is 46.3 Å². The van der Waals surface area contributed by atoms with Crippen LogP contribution in [-0.2, 0) is 11.3 Å². The summed E-state index contributed by atoms with van der Waals surface area (Å²) in [5.74, 6) is -0.827. The summed E-state index contributed by atoms with van der Waals surface area (Å²) in [6, 6.07) is 1.82. The Morgan fingerprint density at radius 1 is 1.60 bits per heavy atom. The third-order valence-corrected chi connectivity index (χ3v) is 4.73. The first-order valence-electron chi connectivity index (χ1n) is 7.26. The molecule has 112 valence electrons. The number of ether oxygens (including phenoxy) is 1. The van der Waals surface area contributed by atoms with Crippen molar-refractivity contribution in [3.05, 3.63) is 21.4 Å². The van der Waals surface area contributed by atoms with E-state index in [1.54, 1.807) is 0 Å². The van der Waals surface area contributed by atoms with E-state index in [1.165, 1.54) is 11.3 Å². The van der Waals surface area contributed by atoms with Gasteiger partial charge in [-0.3, -0.25) is 4.90 Å². The Morgan fingerprint density at radius 2 is 2.40 bits per heavy atom. The Hall–Kier alpha value is -0.910. The van der Waals surface area contributed by atoms with Crippen LogP contribution in [0.2, 0.25) is 0 Å². The Bertz CT molecular complexity index is 458. The molecule has 0 radical (unpaired) electrons. The molecule has 2 rings (SSSR count). The zero-order chi connectivity index (χ0) is 14.5. The number of carboxylic acids is 1. The number of hydrogen-bond acceptors (Lipinski definition) is 4. The monoisotopic (exact) mass is 297 g/mol. The molecule has 1 unspecified atom stereocenters. The standard InChI is InChI=1S/C15H23NO3S/c1-3-7-19-13-5-4-6-16(10-13)9-12-8-14(15(17)18)20-11(12)2/h8,13H,3-7,9-10H2,1-2H3,(H,17,18). The molecule has 0 aromatic carbocycles. The van der Waals surface area contributed by atoms with E-state index in [9.17, 15) is 4.79 Å². The molecule has 1 aromatic heterocycles. The van der Waals surface area contributed by atoms with E-state index in [4.69, 9.17) is 9.84 Å². The van der Waals surface area contributed by atoms with Gasteiger partial charge in [-0.15, -0.1) is 11.3 Å². The second-order valence-electron chi connectivity index (χ2n) is 5.37. The van der Waals surface area contributed by atoms with Gasteiger partial charge in [0.05, 0.1) is 6.10 Å². The molecule has 5 heteroatoms. The van der Waals surface area contributed by atoms with Gasteiger partial charge in [-0.1, -0.05) is 6.92 Å². The summed E-state index contributed by atoms with van der Waals surface area (Å²) in [6.07, 6.45) is 3.69. The molecule has 1 N–H and O–H groups in total. The number of hydrogen-bond donors (Lipinski definition) is 1. The summed E-state index contributed by atoms with van der Waals surface area (Å²) in [4.78, 5) is 14.9. The number of carbonyl (C=O) groups is 1. The van der Waals surface area contributed by atoms with Gasteiger partial charge in [-0.05, 0) is 44.4 Å². The van der Waals surface area contributed by atoms with Gasteiger partial charge in [-0.2, -0.15) is 0 Å². The van der Waals surface area contributed by atoms with Crippen molar-refractivity contribution in [2.24, 2.45) is 0 Å². The lowest BCUT2D eigenvalue weighted by Crippen LogP contribution is -2.39. The predicted molar refractivity (Wildman–Crippen MR) is 80.6 cm³/mol. The van der Waals surface area contributed by atoms with Crippen LogP contribution in [0, 0.1) is 6.92 Å². The van der Waals surface area contributed by atoms with Gasteiger partial charge in [0.15, 0.2) is 0 Å². The summed E-state index contributed by atoms with van der Waals surface area (Å²) in [5.41, 5.74) is 1.14. The largest absolute Gasteiger partial charge is 0.477 e. The summed E-state index contributed by atoms with van der Waals surface area (Å²) in [6.45, 7) is 7.83. The van der Waals surface area contributed by atoms with E-state index in [1.807, 2.05) is 13.0 Å². The number of carboxylic acid groups (broad SMARTS) is 1. The second-order valence-corrected chi connectivity index (χ2v) is 6.62. The van der Waals surface area contributed by atoms with Crippen molar-refractivity contribution in [1.82, 2.24) is 4.90 Å². The minimum atomic E-state index is -0.827. The molecular weight excluding hydrogens is 274 g/mol. The molecule has 1 aliphatic rings. The molecule has 20 heavy (non-hydrogen) atoms. The molecule has 1 atom stereocenters. The summed E-state index contributed by atoms with van der Waals surface area (Å²) >= 11 is 1.37. The van der Waals surface area contributed by atoms with Crippen LogP contribution in [0.15, 0.2) is 6.07 Å². The van der Waals surface area contributed by atoms with E-state index in [2.05, 4.69) is 11.8 Å². The lowest BCUT2D eigenvalue weighted by Gasteiger charge is -2.32. The number of aryl methyl sites for hydroxylation is 1. The molecule has 1 aromatic rings. The summed E-state index contributed by atoms with van der Waals surface area (Å²) < 4.78 is 5.84. The van der Waals surface area contributed by atoms with Gasteiger partial charge in [0, 0.05) is 24.6 Å². The van der Waals surface area contributed by atoms with Gasteiger partial charge in [0.2, 0.25) is 0 Å². The van der Waals surface area contributed by atoms with Crippen molar-refractivity contribution in [2.45, 2.75) is 45.8 Å². The first-order chi connectivity index (χ1) is 9.60. The van der Waals surface area contributed by atoms with E-state index in [-0.39, 0.29) is 0 Å². The zero-order valence-corrected chi connectivity index (χ0v) is 13.0. The third-order valence-electron chi connectivity index (χ3n) is 3.65. The molecular formula is C15H23NO3S. The molecule has 4 nitrogen and oxygen atoms in total. The van der Waals surface area contributed by atoms with Crippen molar-refractivity contribution < 1.29 is 14.6 Å². The smallest absolute Gasteiger partial charge is 0.345 e. The minimum Gasteiger partial charge on any atom is -0.477 e. The van der Waals surface area contributed by atoms with E-state index < -0.39 is 5.97 Å². The van der Waals surface area contributed by atoms with Crippen LogP contribution < -0.4 is 0 Å². The number of likely N-dealkylation sites (tertiary alicyclic amines) is 1. The summed E-state index contributed by atoms with van der Waals surface area (Å²) in [5, 5.41) is 9.04. The lowest BCUT2D eigenvalue weighted by molar-refractivity contribution is -0.00224. The van der Waals surface area contributed by atoms with Crippen molar-refractivity contribution in [3.63, 3.8) is 0 Å². The average Bonchev–Trinajstić information content (AvgIpc) is 2.79. The third kappa shape index (κ3) is 4.04. The quantitative estimate of drug-likeness (QED) is 0.876. The van der Waals surface area contributed by atoms with Crippen LogP contribution in [0.3, 0.4) is 0 Å². The van der Waals surface area contributed by atoms with E-state index >= 15 is 0 Å². The molecule has 0 spiro atoms. The van der Waals surface area contributed by atoms with Crippen LogP contribution >= 0.6 is 11.3 Å². The maximum absolute atomic E-state index is 11.0. The number of rotatable bonds is 6. The Kier molecular flexibility index (Phi) is 5.57. The average molecular weight is 297 g/mol. The minimum absolute atomic E-state index is 0.335. The number of aromatic carboxylic acids is 1. The highest BCUT2D eigenvalue weighted by atomic mass is 32.1. The normalized spacial score (nSPS) is 20.2. The summed E-state index contributed by atoms with van der Waals surface area (Å²) in [7, 11) is 0. The molecule has 2 heterocycles. The van der Waals surface area contributed by atoms with E-state index in [0.29, 0.717) is 11.0 Å². The fourth-order valence-electron chi connectivity index (χ4n) is 2.60. The Balaban J connectivity index is 1.93. The van der Waals surface area contributed by atoms with Crippen LogP contribution in [0.4, 0.5) is 0 Å². The predicted octanol–water partition coefficient (Wildman–Crippen LogP) is 3.15. The van der Waals surface area contributed by atoms with Crippen LogP contribution in [0.25, 0.3) is 0 Å². The van der Waals surface area contributed by atoms with Crippen molar-refractivity contribution >= 4 is 17.3 Å². The topological polar surface area (TPSA) is 49.8 Å². The molecule has 1 fully saturated rings. The first-order valence-corrected chi connectivity index (χ1v) is 8.08. The zero-order valence-electron chi connectivity index (χ0n) is 12.2. The highest BCUT2D eigenvalue weighted by molar-refractivity contribution is 7.14. The number of piperidine rings is 1. The molecule has 1 saturated heterocycles. The molecule has 0 aliphatic carbocycles. The Morgan fingerprint density at radius 3 is 3.05 bits per heavy atom. The number of nitrogens with zero attached hydrogens (tertiary/aromatic N) is 1. The van der Waals surface area contributed by atoms with Crippen molar-refractivity contribution in [1.29, 1.82) is 0 Å². The first kappa shape index (κ1) is 15.5. The highest BCUT2D eigenvalue weighted by Gasteiger charge is 2.21. The highest BCUT2D eigenvalue weighted by Crippen LogP contribution is 2.24.